The highest BCUT2D eigenvalue weighted by Crippen LogP contribution is 2.28. The van der Waals surface area contributed by atoms with Crippen LogP contribution < -0.4 is 4.74 Å². The highest BCUT2D eigenvalue weighted by atomic mass is 32.2. The lowest BCUT2D eigenvalue weighted by Crippen LogP contribution is -2.42. The lowest BCUT2D eigenvalue weighted by atomic mass is 10.1. The van der Waals surface area contributed by atoms with Gasteiger partial charge in [0.15, 0.2) is 5.03 Å². The number of hydrogen-bond acceptors (Lipinski definition) is 7. The van der Waals surface area contributed by atoms with Crippen LogP contribution in [0.4, 0.5) is 0 Å². The number of sulfonamides is 2. The molecule has 11 heteroatoms. The number of hydrogen-bond donors (Lipinski definition) is 1. The highest BCUT2D eigenvalue weighted by molar-refractivity contribution is 7.89. The maximum Gasteiger partial charge on any atom is 0.260 e. The fraction of sp³-hybridized carbons (Fsp3) is 0.577. The molecule has 1 heterocycles. The first-order valence-corrected chi connectivity index (χ1v) is 15.7. The second-order valence-corrected chi connectivity index (χ2v) is 13.8. The van der Waals surface area contributed by atoms with Gasteiger partial charge >= 0.3 is 0 Å². The van der Waals surface area contributed by atoms with Crippen molar-refractivity contribution in [2.45, 2.75) is 62.0 Å². The fourth-order valence-electron chi connectivity index (χ4n) is 4.62. The number of benzene rings is 1. The molecule has 9 nitrogen and oxygen atoms in total. The Hall–Kier alpha value is -2.05. The van der Waals surface area contributed by atoms with Crippen LogP contribution in [0.1, 0.15) is 46.0 Å². The van der Waals surface area contributed by atoms with E-state index in [2.05, 4.69) is 4.98 Å². The Morgan fingerprint density at radius 1 is 0.973 bits per heavy atom. The first-order valence-electron chi connectivity index (χ1n) is 12.8. The summed E-state index contributed by atoms with van der Waals surface area (Å²) in [6.07, 6.45) is 4.61. The number of pyridine rings is 1. The van der Waals surface area contributed by atoms with Gasteiger partial charge in [-0.2, -0.15) is 8.61 Å². The maximum absolute atomic E-state index is 13.4. The number of nitrogens with zero attached hydrogens (tertiary/aromatic N) is 3. The molecule has 37 heavy (non-hydrogen) atoms. The third kappa shape index (κ3) is 7.97. The van der Waals surface area contributed by atoms with E-state index in [4.69, 9.17) is 4.74 Å². The quantitative estimate of drug-likeness (QED) is 0.381. The van der Waals surface area contributed by atoms with E-state index in [1.165, 1.54) is 40.1 Å². The molecule has 0 spiro atoms. The van der Waals surface area contributed by atoms with Gasteiger partial charge in [0.05, 0.1) is 18.1 Å². The Labute approximate surface area is 221 Å². The molecule has 1 aromatic carbocycles. The molecule has 1 aliphatic carbocycles. The Morgan fingerprint density at radius 2 is 1.65 bits per heavy atom. The van der Waals surface area contributed by atoms with Gasteiger partial charge in [-0.1, -0.05) is 32.8 Å². The predicted molar refractivity (Wildman–Crippen MR) is 142 cm³/mol. The monoisotopic (exact) mass is 553 g/mol. The first kappa shape index (κ1) is 29.5. The minimum absolute atomic E-state index is 0.0222. The fourth-order valence-corrected chi connectivity index (χ4v) is 7.72. The largest absolute Gasteiger partial charge is 0.497 e. The molecule has 1 aromatic heterocycles. The molecule has 0 unspecified atom stereocenters. The van der Waals surface area contributed by atoms with E-state index in [1.807, 2.05) is 13.8 Å². The van der Waals surface area contributed by atoms with Crippen molar-refractivity contribution in [1.29, 1.82) is 0 Å². The maximum atomic E-state index is 13.4. The number of rotatable bonds is 14. The van der Waals surface area contributed by atoms with E-state index in [9.17, 15) is 21.9 Å². The molecule has 0 radical (unpaired) electrons. The number of ether oxygens (including phenoxy) is 1. The van der Waals surface area contributed by atoms with E-state index < -0.39 is 26.2 Å². The smallest absolute Gasteiger partial charge is 0.260 e. The van der Waals surface area contributed by atoms with Gasteiger partial charge in [0.1, 0.15) is 5.75 Å². The second-order valence-electron chi connectivity index (χ2n) is 10.0. The van der Waals surface area contributed by atoms with Gasteiger partial charge in [0, 0.05) is 32.4 Å². The van der Waals surface area contributed by atoms with Crippen molar-refractivity contribution in [2.24, 2.45) is 11.8 Å². The van der Waals surface area contributed by atoms with E-state index in [1.54, 1.807) is 24.3 Å². The lowest BCUT2D eigenvalue weighted by Gasteiger charge is -2.28. The summed E-state index contributed by atoms with van der Waals surface area (Å²) in [5, 5.41) is 10.9. The molecule has 1 N–H and O–H groups in total. The molecule has 0 saturated heterocycles. The summed E-state index contributed by atoms with van der Waals surface area (Å²) >= 11 is 0. The van der Waals surface area contributed by atoms with Crippen LogP contribution in [0.25, 0.3) is 0 Å². The van der Waals surface area contributed by atoms with Crippen LogP contribution in [-0.2, 0) is 20.0 Å². The molecule has 1 aliphatic rings. The molecule has 1 saturated carbocycles. The summed E-state index contributed by atoms with van der Waals surface area (Å²) in [6, 6.07) is 10.9. The summed E-state index contributed by atoms with van der Waals surface area (Å²) in [7, 11) is -6.20. The van der Waals surface area contributed by atoms with Crippen molar-refractivity contribution in [1.82, 2.24) is 13.6 Å². The van der Waals surface area contributed by atoms with Gasteiger partial charge < -0.3 is 9.84 Å². The number of aromatic nitrogens is 1. The topological polar surface area (TPSA) is 117 Å². The Kier molecular flexibility index (Phi) is 10.5. The van der Waals surface area contributed by atoms with Gasteiger partial charge in [0.2, 0.25) is 10.0 Å². The van der Waals surface area contributed by atoms with Gasteiger partial charge in [-0.15, -0.1) is 0 Å². The molecular formula is C26H39N3O6S2. The SMILES string of the molecule is COc1ccc(S(=O)(=O)N(CC(C)C)C[C@@H](O)CCN(CC2CCCC2)S(=O)(=O)c2ccccn2)cc1. The molecule has 0 amide bonds. The zero-order valence-electron chi connectivity index (χ0n) is 21.9. The Bertz CT molecular complexity index is 1180. The van der Waals surface area contributed by atoms with Crippen LogP contribution >= 0.6 is 0 Å². The summed E-state index contributed by atoms with van der Waals surface area (Å²) in [6.45, 7) is 4.36. The Morgan fingerprint density at radius 3 is 2.22 bits per heavy atom. The number of aliphatic hydroxyl groups is 1. The van der Waals surface area contributed by atoms with Gasteiger partial charge in [-0.05, 0) is 67.5 Å². The van der Waals surface area contributed by atoms with E-state index in [0.29, 0.717) is 12.3 Å². The average Bonchev–Trinajstić information content (AvgIpc) is 3.39. The third-order valence-corrected chi connectivity index (χ3v) is 10.2. The van der Waals surface area contributed by atoms with Crippen molar-refractivity contribution in [3.05, 3.63) is 48.7 Å². The molecule has 0 bridgehead atoms. The molecule has 1 atom stereocenters. The Balaban J connectivity index is 1.75. The van der Waals surface area contributed by atoms with E-state index in [0.717, 1.165) is 25.7 Å². The number of methoxy groups -OCH3 is 1. The van der Waals surface area contributed by atoms with Crippen LogP contribution in [0.15, 0.2) is 58.6 Å². The molecule has 3 rings (SSSR count). The minimum atomic E-state index is -3.87. The minimum Gasteiger partial charge on any atom is -0.497 e. The standard InChI is InChI=1S/C26H39N3O6S2/c1-21(2)18-29(36(31,32)25-13-11-24(35-3)12-14-25)20-23(30)15-17-28(19-22-8-4-5-9-22)37(33,34)26-10-6-7-16-27-26/h6-7,10-14,16,21-23,30H,4-5,8-9,15,17-20H2,1-3H3/t23-/m0/s1. The summed E-state index contributed by atoms with van der Waals surface area (Å²) in [5.41, 5.74) is 0. The lowest BCUT2D eigenvalue weighted by molar-refractivity contribution is 0.125. The van der Waals surface area contributed by atoms with Crippen LogP contribution in [0.5, 0.6) is 5.75 Å². The number of aliphatic hydroxyl groups excluding tert-OH is 1. The third-order valence-electron chi connectivity index (χ3n) is 6.57. The van der Waals surface area contributed by atoms with Crippen LogP contribution in [0, 0.1) is 11.8 Å². The van der Waals surface area contributed by atoms with Crippen molar-refractivity contribution >= 4 is 20.0 Å². The van der Waals surface area contributed by atoms with Gasteiger partial charge in [-0.3, -0.25) is 0 Å². The average molecular weight is 554 g/mol. The highest BCUT2D eigenvalue weighted by Gasteiger charge is 2.31. The van der Waals surface area contributed by atoms with Crippen LogP contribution in [0.3, 0.4) is 0 Å². The zero-order valence-corrected chi connectivity index (χ0v) is 23.5. The van der Waals surface area contributed by atoms with Gasteiger partial charge in [0.25, 0.3) is 10.0 Å². The van der Waals surface area contributed by atoms with Crippen LogP contribution in [-0.4, -0.2) is 74.9 Å². The van der Waals surface area contributed by atoms with E-state index in [-0.39, 0.29) is 47.8 Å². The molecule has 1 fully saturated rings. The molecule has 0 aliphatic heterocycles. The van der Waals surface area contributed by atoms with E-state index >= 15 is 0 Å². The first-order chi connectivity index (χ1) is 17.5. The zero-order chi connectivity index (χ0) is 27.1. The van der Waals surface area contributed by atoms with Crippen molar-refractivity contribution in [3.8, 4) is 5.75 Å². The molecule has 2 aromatic rings. The summed E-state index contributed by atoms with van der Waals surface area (Å²) < 4.78 is 61.3. The van der Waals surface area contributed by atoms with Crippen molar-refractivity contribution in [2.75, 3.05) is 33.3 Å². The molecule has 206 valence electrons. The summed E-state index contributed by atoms with van der Waals surface area (Å²) in [5.74, 6) is 0.845. The summed E-state index contributed by atoms with van der Waals surface area (Å²) in [4.78, 5) is 4.16. The van der Waals surface area contributed by atoms with Crippen molar-refractivity contribution < 1.29 is 26.7 Å². The van der Waals surface area contributed by atoms with Crippen molar-refractivity contribution in [3.63, 3.8) is 0 Å². The predicted octanol–water partition coefficient (Wildman–Crippen LogP) is 3.37. The van der Waals surface area contributed by atoms with Gasteiger partial charge in [-0.25, -0.2) is 21.8 Å². The molecular weight excluding hydrogens is 514 g/mol. The second kappa shape index (κ2) is 13.1. The normalized spacial score (nSPS) is 16.1. The van der Waals surface area contributed by atoms with Crippen LogP contribution in [0.2, 0.25) is 0 Å².